The van der Waals surface area contributed by atoms with E-state index in [0.717, 1.165) is 24.8 Å². The van der Waals surface area contributed by atoms with E-state index in [2.05, 4.69) is 32.6 Å². The number of rotatable bonds is 3. The summed E-state index contributed by atoms with van der Waals surface area (Å²) in [4.78, 5) is 26.1. The highest BCUT2D eigenvalue weighted by Crippen LogP contribution is 2.41. The van der Waals surface area contributed by atoms with Crippen molar-refractivity contribution in [3.8, 4) is 0 Å². The van der Waals surface area contributed by atoms with Gasteiger partial charge in [-0.2, -0.15) is 0 Å². The van der Waals surface area contributed by atoms with Crippen molar-refractivity contribution in [2.24, 2.45) is 0 Å². The largest absolute Gasteiger partial charge is 0.341 e. The predicted molar refractivity (Wildman–Crippen MR) is 126 cm³/mol. The van der Waals surface area contributed by atoms with E-state index in [1.807, 2.05) is 18.2 Å². The van der Waals surface area contributed by atoms with Crippen LogP contribution in [0.5, 0.6) is 0 Å². The van der Waals surface area contributed by atoms with Gasteiger partial charge in [-0.1, -0.05) is 51.8 Å². The summed E-state index contributed by atoms with van der Waals surface area (Å²) in [7, 11) is 0. The van der Waals surface area contributed by atoms with Crippen LogP contribution in [0.3, 0.4) is 0 Å². The maximum atomic E-state index is 14.0. The van der Waals surface area contributed by atoms with Crippen LogP contribution in [0.25, 0.3) is 0 Å². The summed E-state index contributed by atoms with van der Waals surface area (Å²) in [5.74, 6) is -1.14. The summed E-state index contributed by atoms with van der Waals surface area (Å²) in [6, 6.07) is 14.9. The summed E-state index contributed by atoms with van der Waals surface area (Å²) in [5, 5.41) is 6.27. The molecule has 3 aromatic carbocycles. The number of amides is 2. The molecule has 162 valence electrons. The van der Waals surface area contributed by atoms with E-state index in [1.165, 1.54) is 23.8 Å². The van der Waals surface area contributed by atoms with Gasteiger partial charge in [0.15, 0.2) is 0 Å². The highest BCUT2D eigenvalue weighted by Gasteiger charge is 2.35. The average Bonchev–Trinajstić information content (AvgIpc) is 3.11. The normalized spacial score (nSPS) is 19.2. The number of anilines is 1. The zero-order valence-electron chi connectivity index (χ0n) is 16.9. The van der Waals surface area contributed by atoms with E-state index in [0.29, 0.717) is 31.9 Å². The molecule has 0 aromatic heterocycles. The highest BCUT2D eigenvalue weighted by atomic mass is 79.9. The molecule has 4 nitrogen and oxygen atoms in total. The first kappa shape index (κ1) is 21.2. The highest BCUT2D eigenvalue weighted by molar-refractivity contribution is 9.10. The van der Waals surface area contributed by atoms with E-state index in [-0.39, 0.29) is 17.7 Å². The molecule has 0 radical (unpaired) electrons. The van der Waals surface area contributed by atoms with Crippen LogP contribution in [0.2, 0.25) is 5.02 Å². The molecule has 3 aromatic rings. The number of carbonyl (C=O) groups excluding carboxylic acids is 2. The SMILES string of the molecule is O=C1NC(c2cc(F)ccc2Cl)c2c(NC(=O)C3CCCc4ccccc43)cc(Br)cc21. The van der Waals surface area contributed by atoms with Crippen LogP contribution in [0, 0.1) is 5.82 Å². The molecular formula is C25H19BrClFN2O2. The topological polar surface area (TPSA) is 58.2 Å². The smallest absolute Gasteiger partial charge is 0.252 e. The Labute approximate surface area is 198 Å². The maximum Gasteiger partial charge on any atom is 0.252 e. The number of carbonyl (C=O) groups is 2. The van der Waals surface area contributed by atoms with Gasteiger partial charge in [-0.05, 0) is 60.7 Å². The summed E-state index contributed by atoms with van der Waals surface area (Å²) >= 11 is 9.78. The molecule has 32 heavy (non-hydrogen) atoms. The molecule has 0 bridgehead atoms. The van der Waals surface area contributed by atoms with Gasteiger partial charge in [-0.25, -0.2) is 4.39 Å². The van der Waals surface area contributed by atoms with E-state index in [4.69, 9.17) is 11.6 Å². The number of halogens is 3. The summed E-state index contributed by atoms with van der Waals surface area (Å²) in [5.41, 5.74) is 4.19. The molecule has 1 heterocycles. The van der Waals surface area contributed by atoms with Gasteiger partial charge in [0.1, 0.15) is 5.82 Å². The zero-order valence-corrected chi connectivity index (χ0v) is 19.3. The molecule has 5 rings (SSSR count). The van der Waals surface area contributed by atoms with Crippen LogP contribution in [-0.2, 0) is 11.2 Å². The molecule has 1 aliphatic carbocycles. The van der Waals surface area contributed by atoms with Crippen LogP contribution in [-0.4, -0.2) is 11.8 Å². The molecule has 0 saturated carbocycles. The van der Waals surface area contributed by atoms with Crippen molar-refractivity contribution in [3.05, 3.63) is 97.7 Å². The first-order valence-corrected chi connectivity index (χ1v) is 11.6. The molecule has 2 aliphatic rings. The van der Waals surface area contributed by atoms with Gasteiger partial charge >= 0.3 is 0 Å². The van der Waals surface area contributed by atoms with Gasteiger partial charge in [0.25, 0.3) is 5.91 Å². The van der Waals surface area contributed by atoms with Crippen LogP contribution in [0.1, 0.15) is 57.4 Å². The number of benzene rings is 3. The standard InChI is InChI=1S/C25H19BrClFN2O2/c26-14-10-19-22(23(30-25(19)32)18-12-15(28)8-9-20(18)27)21(11-14)29-24(31)17-7-3-5-13-4-1-2-6-16(13)17/h1-2,4,6,8-12,17,23H,3,5,7H2,(H,29,31)(H,30,32). The summed E-state index contributed by atoms with van der Waals surface area (Å²) in [6.45, 7) is 0. The van der Waals surface area contributed by atoms with Crippen molar-refractivity contribution in [2.45, 2.75) is 31.2 Å². The van der Waals surface area contributed by atoms with Gasteiger partial charge < -0.3 is 10.6 Å². The number of hydrogen-bond donors (Lipinski definition) is 2. The Balaban J connectivity index is 1.55. The number of fused-ring (bicyclic) bond motifs is 2. The second kappa shape index (κ2) is 8.34. The van der Waals surface area contributed by atoms with Crippen molar-refractivity contribution in [1.82, 2.24) is 5.32 Å². The minimum atomic E-state index is -0.664. The molecular weight excluding hydrogens is 495 g/mol. The van der Waals surface area contributed by atoms with Crippen LogP contribution >= 0.6 is 27.5 Å². The molecule has 1 aliphatic heterocycles. The first-order valence-electron chi connectivity index (χ1n) is 10.4. The first-order chi connectivity index (χ1) is 15.4. The lowest BCUT2D eigenvalue weighted by atomic mass is 9.82. The molecule has 2 N–H and O–H groups in total. The zero-order chi connectivity index (χ0) is 22.4. The fraction of sp³-hybridized carbons (Fsp3) is 0.200. The minimum Gasteiger partial charge on any atom is -0.341 e. The maximum absolute atomic E-state index is 14.0. The minimum absolute atomic E-state index is 0.124. The predicted octanol–water partition coefficient (Wildman–Crippen LogP) is 6.13. The molecule has 2 atom stereocenters. The monoisotopic (exact) mass is 512 g/mol. The van der Waals surface area contributed by atoms with E-state index >= 15 is 0 Å². The lowest BCUT2D eigenvalue weighted by Gasteiger charge is -2.25. The fourth-order valence-electron chi connectivity index (χ4n) is 4.72. The lowest BCUT2D eigenvalue weighted by Crippen LogP contribution is -2.26. The summed E-state index contributed by atoms with van der Waals surface area (Å²) in [6.07, 6.45) is 2.66. The van der Waals surface area contributed by atoms with Crippen LogP contribution in [0.4, 0.5) is 10.1 Å². The Hall–Kier alpha value is -2.70. The van der Waals surface area contributed by atoms with Crippen molar-refractivity contribution in [1.29, 1.82) is 0 Å². The van der Waals surface area contributed by atoms with Gasteiger partial charge in [0.05, 0.1) is 12.0 Å². The number of aryl methyl sites for hydroxylation is 1. The Morgan fingerprint density at radius 3 is 2.78 bits per heavy atom. The number of hydrogen-bond acceptors (Lipinski definition) is 2. The Morgan fingerprint density at radius 1 is 1.12 bits per heavy atom. The van der Waals surface area contributed by atoms with E-state index < -0.39 is 11.9 Å². The van der Waals surface area contributed by atoms with Gasteiger partial charge in [0, 0.05) is 31.9 Å². The molecule has 0 fully saturated rings. The molecule has 0 saturated heterocycles. The van der Waals surface area contributed by atoms with Gasteiger partial charge in [-0.3, -0.25) is 9.59 Å². The number of nitrogens with one attached hydrogen (secondary N) is 2. The summed E-state index contributed by atoms with van der Waals surface area (Å²) < 4.78 is 14.6. The molecule has 2 unspecified atom stereocenters. The van der Waals surface area contributed by atoms with Crippen molar-refractivity contribution >= 4 is 45.0 Å². The quantitative estimate of drug-likeness (QED) is 0.442. The molecule has 2 amide bonds. The van der Waals surface area contributed by atoms with Crippen LogP contribution < -0.4 is 10.6 Å². The molecule has 0 spiro atoms. The second-order valence-electron chi connectivity index (χ2n) is 8.12. The fourth-order valence-corrected chi connectivity index (χ4v) is 5.40. The van der Waals surface area contributed by atoms with Crippen LogP contribution in [0.15, 0.2) is 59.1 Å². The van der Waals surface area contributed by atoms with Crippen molar-refractivity contribution < 1.29 is 14.0 Å². The third-order valence-corrected chi connectivity index (χ3v) is 6.97. The van der Waals surface area contributed by atoms with Gasteiger partial charge in [-0.15, -0.1) is 0 Å². The van der Waals surface area contributed by atoms with E-state index in [9.17, 15) is 14.0 Å². The molecule has 7 heteroatoms. The third-order valence-electron chi connectivity index (χ3n) is 6.17. The Kier molecular flexibility index (Phi) is 5.51. The third kappa shape index (κ3) is 3.71. The van der Waals surface area contributed by atoms with Crippen molar-refractivity contribution in [3.63, 3.8) is 0 Å². The second-order valence-corrected chi connectivity index (χ2v) is 9.44. The Morgan fingerprint density at radius 2 is 1.94 bits per heavy atom. The lowest BCUT2D eigenvalue weighted by molar-refractivity contribution is -0.117. The average molecular weight is 514 g/mol. The van der Waals surface area contributed by atoms with E-state index in [1.54, 1.807) is 12.1 Å². The van der Waals surface area contributed by atoms with Gasteiger partial charge in [0.2, 0.25) is 5.91 Å². The van der Waals surface area contributed by atoms with Crippen molar-refractivity contribution in [2.75, 3.05) is 5.32 Å². The Bertz CT molecular complexity index is 1260.